The fourth-order valence-corrected chi connectivity index (χ4v) is 2.51. The van der Waals surface area contributed by atoms with E-state index in [0.29, 0.717) is 6.54 Å². The molecule has 72 valence electrons. The Morgan fingerprint density at radius 2 is 2.31 bits per heavy atom. The Hall–Kier alpha value is -0.350. The van der Waals surface area contributed by atoms with Gasteiger partial charge in [0.25, 0.3) is 0 Å². The van der Waals surface area contributed by atoms with E-state index in [2.05, 4.69) is 25.5 Å². The van der Waals surface area contributed by atoms with Crippen molar-refractivity contribution in [1.29, 1.82) is 0 Å². The van der Waals surface area contributed by atoms with Gasteiger partial charge in [0, 0.05) is 13.0 Å². The lowest BCUT2D eigenvalue weighted by molar-refractivity contribution is 0.513. The largest absolute Gasteiger partial charge is 0.331 e. The van der Waals surface area contributed by atoms with E-state index in [1.54, 1.807) is 0 Å². The number of hydrogen-bond donors (Lipinski definition) is 1. The molecule has 0 unspecified atom stereocenters. The summed E-state index contributed by atoms with van der Waals surface area (Å²) in [6.07, 6.45) is 4.59. The molecule has 13 heavy (non-hydrogen) atoms. The van der Waals surface area contributed by atoms with Crippen LogP contribution in [0.15, 0.2) is 4.60 Å². The van der Waals surface area contributed by atoms with Gasteiger partial charge in [0.2, 0.25) is 0 Å². The van der Waals surface area contributed by atoms with Gasteiger partial charge in [0.1, 0.15) is 10.4 Å². The van der Waals surface area contributed by atoms with Gasteiger partial charge in [-0.25, -0.2) is 4.98 Å². The Morgan fingerprint density at radius 1 is 1.46 bits per heavy atom. The van der Waals surface area contributed by atoms with Crippen LogP contribution in [0.3, 0.4) is 0 Å². The van der Waals surface area contributed by atoms with Crippen molar-refractivity contribution >= 4 is 15.9 Å². The molecule has 2 N–H and O–H groups in total. The van der Waals surface area contributed by atoms with Crippen molar-refractivity contribution in [2.75, 3.05) is 6.54 Å². The molecule has 0 aromatic carbocycles. The average molecular weight is 244 g/mol. The molecule has 0 spiro atoms. The molecule has 0 atom stereocenters. The normalized spacial score (nSPS) is 15.8. The predicted molar refractivity (Wildman–Crippen MR) is 55.6 cm³/mol. The molecular weight excluding hydrogens is 230 g/mol. The molecule has 1 aliphatic heterocycles. The van der Waals surface area contributed by atoms with Gasteiger partial charge in [0.05, 0.1) is 5.69 Å². The molecule has 1 aromatic rings. The molecule has 0 saturated heterocycles. The van der Waals surface area contributed by atoms with Crippen LogP contribution >= 0.6 is 15.9 Å². The topological polar surface area (TPSA) is 43.8 Å². The van der Waals surface area contributed by atoms with E-state index in [1.807, 2.05) is 0 Å². The van der Waals surface area contributed by atoms with E-state index in [-0.39, 0.29) is 0 Å². The molecule has 0 saturated carbocycles. The summed E-state index contributed by atoms with van der Waals surface area (Å²) in [6.45, 7) is 1.80. The zero-order valence-electron chi connectivity index (χ0n) is 7.59. The minimum absolute atomic E-state index is 0.683. The third-order valence-electron chi connectivity index (χ3n) is 2.52. The minimum atomic E-state index is 0.683. The number of rotatable bonds is 2. The van der Waals surface area contributed by atoms with Gasteiger partial charge in [-0.3, -0.25) is 0 Å². The number of aromatic nitrogens is 2. The van der Waals surface area contributed by atoms with E-state index < -0.39 is 0 Å². The predicted octanol–water partition coefficient (Wildman–Crippen LogP) is 1.48. The van der Waals surface area contributed by atoms with Gasteiger partial charge in [0.15, 0.2) is 0 Å². The van der Waals surface area contributed by atoms with Gasteiger partial charge in [-0.1, -0.05) is 0 Å². The summed E-state index contributed by atoms with van der Waals surface area (Å²) in [5, 5.41) is 0. The second kappa shape index (κ2) is 3.80. The lowest BCUT2D eigenvalue weighted by Crippen LogP contribution is -2.15. The standard InChI is InChI=1S/C9H14BrN3/c10-9-7-3-1-2-6-13(7)8(12-9)4-5-11/h1-6,11H2. The Labute approximate surface area is 86.5 Å². The molecule has 3 nitrogen and oxygen atoms in total. The van der Waals surface area contributed by atoms with Crippen molar-refractivity contribution < 1.29 is 0 Å². The van der Waals surface area contributed by atoms with Crippen LogP contribution in [-0.2, 0) is 19.4 Å². The maximum absolute atomic E-state index is 5.53. The number of halogens is 1. The van der Waals surface area contributed by atoms with Crippen LogP contribution in [0.1, 0.15) is 24.4 Å². The van der Waals surface area contributed by atoms with E-state index in [1.165, 1.54) is 18.5 Å². The van der Waals surface area contributed by atoms with Crippen LogP contribution in [0.4, 0.5) is 0 Å². The number of fused-ring (bicyclic) bond motifs is 1. The lowest BCUT2D eigenvalue weighted by Gasteiger charge is -2.16. The fourth-order valence-electron chi connectivity index (χ4n) is 1.89. The van der Waals surface area contributed by atoms with Crippen LogP contribution in [0, 0.1) is 0 Å². The number of hydrogen-bond acceptors (Lipinski definition) is 2. The summed E-state index contributed by atoms with van der Waals surface area (Å²) in [7, 11) is 0. The van der Waals surface area contributed by atoms with Crippen molar-refractivity contribution in [3.8, 4) is 0 Å². The zero-order chi connectivity index (χ0) is 9.26. The molecule has 0 fully saturated rings. The summed E-state index contributed by atoms with van der Waals surface area (Å²) in [4.78, 5) is 4.48. The monoisotopic (exact) mass is 243 g/mol. The van der Waals surface area contributed by atoms with Crippen molar-refractivity contribution in [3.63, 3.8) is 0 Å². The maximum Gasteiger partial charge on any atom is 0.127 e. The van der Waals surface area contributed by atoms with Crippen molar-refractivity contribution in [3.05, 3.63) is 16.1 Å². The van der Waals surface area contributed by atoms with Crippen LogP contribution < -0.4 is 5.73 Å². The van der Waals surface area contributed by atoms with Crippen molar-refractivity contribution in [2.24, 2.45) is 5.73 Å². The molecule has 0 bridgehead atoms. The molecule has 1 aliphatic rings. The van der Waals surface area contributed by atoms with Crippen LogP contribution in [0.2, 0.25) is 0 Å². The molecule has 0 aliphatic carbocycles. The molecule has 0 amide bonds. The summed E-state index contributed by atoms with van der Waals surface area (Å²) < 4.78 is 3.34. The van der Waals surface area contributed by atoms with Crippen LogP contribution in [0.25, 0.3) is 0 Å². The fraction of sp³-hybridized carbons (Fsp3) is 0.667. The van der Waals surface area contributed by atoms with E-state index in [4.69, 9.17) is 5.73 Å². The Morgan fingerprint density at radius 3 is 3.08 bits per heavy atom. The maximum atomic E-state index is 5.53. The molecular formula is C9H14BrN3. The quantitative estimate of drug-likeness (QED) is 0.856. The van der Waals surface area contributed by atoms with E-state index >= 15 is 0 Å². The highest BCUT2D eigenvalue weighted by Crippen LogP contribution is 2.24. The Kier molecular flexibility index (Phi) is 2.69. The molecule has 4 heteroatoms. The average Bonchev–Trinajstić information content (AvgIpc) is 2.46. The highest BCUT2D eigenvalue weighted by molar-refractivity contribution is 9.10. The second-order valence-corrected chi connectivity index (χ2v) is 4.16. The lowest BCUT2D eigenvalue weighted by atomic mass is 10.1. The zero-order valence-corrected chi connectivity index (χ0v) is 9.18. The molecule has 2 rings (SSSR count). The van der Waals surface area contributed by atoms with Gasteiger partial charge in [-0.2, -0.15) is 0 Å². The smallest absolute Gasteiger partial charge is 0.127 e. The molecule has 2 heterocycles. The highest BCUT2D eigenvalue weighted by Gasteiger charge is 2.17. The first-order chi connectivity index (χ1) is 6.33. The van der Waals surface area contributed by atoms with Crippen molar-refractivity contribution in [1.82, 2.24) is 9.55 Å². The van der Waals surface area contributed by atoms with Crippen LogP contribution in [0.5, 0.6) is 0 Å². The van der Waals surface area contributed by atoms with Gasteiger partial charge < -0.3 is 10.3 Å². The number of nitrogens with two attached hydrogens (primary N) is 1. The van der Waals surface area contributed by atoms with Crippen LogP contribution in [-0.4, -0.2) is 16.1 Å². The third kappa shape index (κ3) is 1.65. The first-order valence-corrected chi connectivity index (χ1v) is 5.56. The highest BCUT2D eigenvalue weighted by atomic mass is 79.9. The van der Waals surface area contributed by atoms with Gasteiger partial charge in [-0.15, -0.1) is 0 Å². The first-order valence-electron chi connectivity index (χ1n) is 4.76. The second-order valence-electron chi connectivity index (χ2n) is 3.41. The summed E-state index contributed by atoms with van der Waals surface area (Å²) in [5.74, 6) is 1.14. The minimum Gasteiger partial charge on any atom is -0.331 e. The summed E-state index contributed by atoms with van der Waals surface area (Å²) >= 11 is 3.50. The van der Waals surface area contributed by atoms with E-state index in [9.17, 15) is 0 Å². The van der Waals surface area contributed by atoms with Gasteiger partial charge >= 0.3 is 0 Å². The Bertz CT molecular complexity index is 306. The van der Waals surface area contributed by atoms with Crippen molar-refractivity contribution in [2.45, 2.75) is 32.2 Å². The SMILES string of the molecule is NCCc1nc(Br)c2n1CCCC2. The van der Waals surface area contributed by atoms with Gasteiger partial charge in [-0.05, 0) is 41.7 Å². The van der Waals surface area contributed by atoms with E-state index in [0.717, 1.165) is 29.8 Å². The molecule has 0 radical (unpaired) electrons. The number of imidazole rings is 1. The number of nitrogens with zero attached hydrogens (tertiary/aromatic N) is 2. The summed E-state index contributed by atoms with van der Waals surface area (Å²) in [6, 6.07) is 0. The third-order valence-corrected chi connectivity index (χ3v) is 3.15. The Balaban J connectivity index is 2.36. The molecule has 1 aromatic heterocycles. The summed E-state index contributed by atoms with van der Waals surface area (Å²) in [5.41, 5.74) is 6.89. The first kappa shape index (κ1) is 9.21.